The predicted octanol–water partition coefficient (Wildman–Crippen LogP) is 2.34. The monoisotopic (exact) mass is 144 g/mol. The fourth-order valence-corrected chi connectivity index (χ4v) is 0.310. The fourth-order valence-electron chi connectivity index (χ4n) is 0.163. The van der Waals surface area contributed by atoms with Gasteiger partial charge in [-0.05, 0) is 6.08 Å². The molecule has 0 aliphatic rings. The molecule has 0 N–H and O–H groups in total. The van der Waals surface area contributed by atoms with Gasteiger partial charge >= 0.3 is 0 Å². The number of halogens is 4. The zero-order chi connectivity index (χ0) is 6.57. The summed E-state index contributed by atoms with van der Waals surface area (Å²) < 4.78 is 33.8. The highest BCUT2D eigenvalue weighted by molar-refractivity contribution is 6.18. The van der Waals surface area contributed by atoms with Gasteiger partial charge in [-0.1, -0.05) is 0 Å². The minimum absolute atomic E-state index is 0.212. The summed E-state index contributed by atoms with van der Waals surface area (Å²) in [4.78, 5) is 0. The van der Waals surface area contributed by atoms with Crippen LogP contribution in [0.4, 0.5) is 13.2 Å². The Kier molecular flexibility index (Phi) is 3.69. The van der Waals surface area contributed by atoms with Crippen LogP contribution in [0.2, 0.25) is 0 Å². The van der Waals surface area contributed by atoms with Crippen LogP contribution in [0.5, 0.6) is 0 Å². The first-order chi connectivity index (χ1) is 3.68. The number of hydrogen-bond donors (Lipinski definition) is 0. The number of hydrogen-bond acceptors (Lipinski definition) is 0. The Bertz CT molecular complexity index is 89.3. The highest BCUT2D eigenvalue weighted by Gasteiger charge is 2.07. The summed E-state index contributed by atoms with van der Waals surface area (Å²) in [7, 11) is 0. The first-order valence-corrected chi connectivity index (χ1v) is 2.41. The highest BCUT2D eigenvalue weighted by atomic mass is 35.5. The third-order valence-corrected chi connectivity index (χ3v) is 0.635. The van der Waals surface area contributed by atoms with E-state index < -0.39 is 12.3 Å². The van der Waals surface area contributed by atoms with E-state index in [9.17, 15) is 13.2 Å². The van der Waals surface area contributed by atoms with Gasteiger partial charge in [0.05, 0.1) is 0 Å². The van der Waals surface area contributed by atoms with E-state index in [1.54, 1.807) is 0 Å². The lowest BCUT2D eigenvalue weighted by atomic mass is 10.5. The first kappa shape index (κ1) is 7.82. The van der Waals surface area contributed by atoms with Crippen molar-refractivity contribution in [3.63, 3.8) is 0 Å². The van der Waals surface area contributed by atoms with Gasteiger partial charge in [-0.3, -0.25) is 0 Å². The Morgan fingerprint density at radius 3 is 2.25 bits per heavy atom. The third kappa shape index (κ3) is 2.91. The van der Waals surface area contributed by atoms with E-state index in [4.69, 9.17) is 11.6 Å². The molecule has 0 bridgehead atoms. The van der Waals surface area contributed by atoms with Crippen molar-refractivity contribution in [3.05, 3.63) is 11.9 Å². The molecule has 0 aromatic heterocycles. The van der Waals surface area contributed by atoms with Crippen molar-refractivity contribution in [2.45, 2.75) is 6.43 Å². The molecule has 0 aromatic carbocycles. The molecular weight excluding hydrogens is 140 g/mol. The van der Waals surface area contributed by atoms with Gasteiger partial charge in [-0.15, -0.1) is 11.6 Å². The summed E-state index contributed by atoms with van der Waals surface area (Å²) in [6.45, 7) is 0. The van der Waals surface area contributed by atoms with E-state index >= 15 is 0 Å². The van der Waals surface area contributed by atoms with Crippen LogP contribution >= 0.6 is 11.6 Å². The maximum absolute atomic E-state index is 11.6. The highest BCUT2D eigenvalue weighted by Crippen LogP contribution is 2.08. The molecular formula is C4H4ClF3. The van der Waals surface area contributed by atoms with Crippen LogP contribution in [0.3, 0.4) is 0 Å². The van der Waals surface area contributed by atoms with Crippen LogP contribution in [0, 0.1) is 0 Å². The third-order valence-electron chi connectivity index (χ3n) is 0.481. The summed E-state index contributed by atoms with van der Waals surface area (Å²) in [5.74, 6) is -1.67. The molecule has 0 saturated heterocycles. The molecule has 0 rings (SSSR count). The molecule has 0 radical (unpaired) electrons. The van der Waals surface area contributed by atoms with E-state index in [1.807, 2.05) is 0 Å². The van der Waals surface area contributed by atoms with E-state index in [-0.39, 0.29) is 5.88 Å². The van der Waals surface area contributed by atoms with E-state index in [1.165, 1.54) is 0 Å². The molecule has 0 aromatic rings. The van der Waals surface area contributed by atoms with Crippen LogP contribution in [-0.2, 0) is 0 Å². The Balaban J connectivity index is 3.61. The average molecular weight is 145 g/mol. The second-order valence-corrected chi connectivity index (χ2v) is 1.35. The van der Waals surface area contributed by atoms with Gasteiger partial charge in [0.15, 0.2) is 5.83 Å². The zero-order valence-corrected chi connectivity index (χ0v) is 4.63. The SMILES string of the molecule is FC(=CCCl)C(F)F. The second-order valence-electron chi connectivity index (χ2n) is 1.04. The maximum atomic E-state index is 11.6. The van der Waals surface area contributed by atoms with Crippen molar-refractivity contribution in [2.75, 3.05) is 5.88 Å². The molecule has 0 atom stereocenters. The Hall–Kier alpha value is -0.180. The lowest BCUT2D eigenvalue weighted by Crippen LogP contribution is -1.89. The predicted molar refractivity (Wildman–Crippen MR) is 25.9 cm³/mol. The van der Waals surface area contributed by atoms with Crippen molar-refractivity contribution >= 4 is 11.6 Å². The molecule has 0 heterocycles. The summed E-state index contributed by atoms with van der Waals surface area (Å²) in [6.07, 6.45) is -2.39. The molecule has 0 nitrogen and oxygen atoms in total. The lowest BCUT2D eigenvalue weighted by molar-refractivity contribution is 0.158. The zero-order valence-electron chi connectivity index (χ0n) is 3.87. The van der Waals surface area contributed by atoms with Gasteiger partial charge in [0.25, 0.3) is 6.43 Å². The van der Waals surface area contributed by atoms with Crippen LogP contribution in [0.15, 0.2) is 11.9 Å². The molecule has 0 aliphatic heterocycles. The lowest BCUT2D eigenvalue weighted by Gasteiger charge is -1.89. The second kappa shape index (κ2) is 3.78. The van der Waals surface area contributed by atoms with Gasteiger partial charge in [0, 0.05) is 5.88 Å². The summed E-state index contributed by atoms with van der Waals surface area (Å²) in [6, 6.07) is 0. The number of rotatable bonds is 2. The molecule has 48 valence electrons. The van der Waals surface area contributed by atoms with Gasteiger partial charge in [0.1, 0.15) is 0 Å². The summed E-state index contributed by atoms with van der Waals surface area (Å²) >= 11 is 4.89. The fraction of sp³-hybridized carbons (Fsp3) is 0.500. The first-order valence-electron chi connectivity index (χ1n) is 1.88. The van der Waals surface area contributed by atoms with Crippen molar-refractivity contribution < 1.29 is 13.2 Å². The minimum Gasteiger partial charge on any atom is -0.206 e. The van der Waals surface area contributed by atoms with E-state index in [0.29, 0.717) is 6.08 Å². The Morgan fingerprint density at radius 2 is 2.12 bits per heavy atom. The van der Waals surface area contributed by atoms with Crippen molar-refractivity contribution in [1.29, 1.82) is 0 Å². The molecule has 0 spiro atoms. The van der Waals surface area contributed by atoms with E-state index in [0.717, 1.165) is 0 Å². The van der Waals surface area contributed by atoms with Crippen molar-refractivity contribution in [3.8, 4) is 0 Å². The standard InChI is InChI=1S/C4H4ClF3/c5-2-1-3(6)4(7)8/h1,4H,2H2. The smallest absolute Gasteiger partial charge is 0.206 e. The van der Waals surface area contributed by atoms with Crippen molar-refractivity contribution in [2.24, 2.45) is 0 Å². The van der Waals surface area contributed by atoms with Gasteiger partial charge in [0.2, 0.25) is 0 Å². The van der Waals surface area contributed by atoms with Crippen LogP contribution in [0.25, 0.3) is 0 Å². The molecule has 0 saturated carbocycles. The minimum atomic E-state index is -3.02. The quantitative estimate of drug-likeness (QED) is 0.522. The van der Waals surface area contributed by atoms with Gasteiger partial charge in [-0.2, -0.15) is 0 Å². The molecule has 0 amide bonds. The largest absolute Gasteiger partial charge is 0.289 e. The number of allylic oxidation sites excluding steroid dienone is 2. The molecule has 4 heteroatoms. The van der Waals surface area contributed by atoms with E-state index in [2.05, 4.69) is 0 Å². The maximum Gasteiger partial charge on any atom is 0.289 e. The summed E-state index contributed by atoms with van der Waals surface area (Å²) in [5, 5.41) is 0. The van der Waals surface area contributed by atoms with Crippen LogP contribution in [-0.4, -0.2) is 12.3 Å². The number of alkyl halides is 3. The molecule has 0 unspecified atom stereocenters. The summed E-state index contributed by atoms with van der Waals surface area (Å²) in [5.41, 5.74) is 0. The molecule has 8 heavy (non-hydrogen) atoms. The average Bonchev–Trinajstić information content (AvgIpc) is 1.67. The van der Waals surface area contributed by atoms with Crippen LogP contribution in [0.1, 0.15) is 0 Å². The normalized spacial score (nSPS) is 12.9. The van der Waals surface area contributed by atoms with Gasteiger partial charge in [-0.25, -0.2) is 13.2 Å². The Labute approximate surface area is 49.9 Å². The van der Waals surface area contributed by atoms with Gasteiger partial charge < -0.3 is 0 Å². The Morgan fingerprint density at radius 1 is 1.62 bits per heavy atom. The molecule has 0 fully saturated rings. The molecule has 0 aliphatic carbocycles. The van der Waals surface area contributed by atoms with Crippen LogP contribution < -0.4 is 0 Å². The van der Waals surface area contributed by atoms with Crippen molar-refractivity contribution in [1.82, 2.24) is 0 Å². The topological polar surface area (TPSA) is 0 Å².